The Morgan fingerprint density at radius 1 is 1.32 bits per heavy atom. The van der Waals surface area contributed by atoms with Crippen molar-refractivity contribution in [3.8, 4) is 11.3 Å². The molecular weight excluding hydrogens is 535 g/mol. The van der Waals surface area contributed by atoms with Crippen LogP contribution in [0.15, 0.2) is 50.3 Å². The van der Waals surface area contributed by atoms with Gasteiger partial charge in [-0.3, -0.25) is 9.79 Å². The van der Waals surface area contributed by atoms with E-state index in [2.05, 4.69) is 31.1 Å². The first-order chi connectivity index (χ1) is 13.0. The lowest BCUT2D eigenvalue weighted by molar-refractivity contribution is -0.119. The Morgan fingerprint density at radius 3 is 2.75 bits per heavy atom. The van der Waals surface area contributed by atoms with Gasteiger partial charge < -0.3 is 20.4 Å². The number of carbonyl (C=O) groups is 1. The first-order valence-electron chi connectivity index (χ1n) is 9.13. The van der Waals surface area contributed by atoms with Crippen LogP contribution in [0.25, 0.3) is 11.3 Å². The fourth-order valence-corrected chi connectivity index (χ4v) is 3.71. The van der Waals surface area contributed by atoms with Gasteiger partial charge in [-0.15, -0.1) is 24.0 Å². The number of amides is 1. The molecule has 0 aliphatic carbocycles. The third-order valence-electron chi connectivity index (χ3n) is 4.73. The highest BCUT2D eigenvalue weighted by molar-refractivity contribution is 14.0. The number of hydrogen-bond donors (Lipinski definition) is 2. The Morgan fingerprint density at radius 2 is 2.07 bits per heavy atom. The van der Waals surface area contributed by atoms with Crippen molar-refractivity contribution < 1.29 is 9.21 Å². The summed E-state index contributed by atoms with van der Waals surface area (Å²) in [6, 6.07) is 12.0. The van der Waals surface area contributed by atoms with Crippen molar-refractivity contribution in [1.82, 2.24) is 10.2 Å². The topological polar surface area (TPSA) is 83.9 Å². The second kappa shape index (κ2) is 10.8. The average molecular weight is 561 g/mol. The number of aliphatic imine (C=N–C) groups is 1. The van der Waals surface area contributed by atoms with Gasteiger partial charge in [-0.2, -0.15) is 0 Å². The van der Waals surface area contributed by atoms with Gasteiger partial charge in [-0.05, 0) is 43.0 Å². The number of piperidine rings is 1. The summed E-state index contributed by atoms with van der Waals surface area (Å²) in [7, 11) is 1.77. The molecule has 28 heavy (non-hydrogen) atoms. The summed E-state index contributed by atoms with van der Waals surface area (Å²) in [6.07, 6.45) is 2.50. The predicted octanol–water partition coefficient (Wildman–Crippen LogP) is 3.99. The molecule has 1 fully saturated rings. The zero-order valence-electron chi connectivity index (χ0n) is 15.9. The van der Waals surface area contributed by atoms with E-state index in [1.807, 2.05) is 36.4 Å². The molecule has 1 saturated heterocycles. The third-order valence-corrected chi connectivity index (χ3v) is 5.26. The molecule has 1 aromatic heterocycles. The molecule has 1 aliphatic heterocycles. The van der Waals surface area contributed by atoms with Crippen LogP contribution in [0.1, 0.15) is 25.0 Å². The number of nitrogens with zero attached hydrogens (tertiary/aromatic N) is 2. The van der Waals surface area contributed by atoms with Crippen LogP contribution in [0.2, 0.25) is 0 Å². The number of carbonyl (C=O) groups excluding carboxylic acids is 1. The van der Waals surface area contributed by atoms with Crippen LogP contribution in [0.5, 0.6) is 0 Å². The van der Waals surface area contributed by atoms with Crippen LogP contribution in [-0.2, 0) is 11.3 Å². The molecule has 0 radical (unpaired) electrons. The van der Waals surface area contributed by atoms with Crippen molar-refractivity contribution >= 4 is 51.8 Å². The van der Waals surface area contributed by atoms with Crippen LogP contribution in [0.4, 0.5) is 0 Å². The lowest BCUT2D eigenvalue weighted by Crippen LogP contribution is -2.46. The minimum atomic E-state index is -0.235. The van der Waals surface area contributed by atoms with Crippen molar-refractivity contribution in [3.05, 3.63) is 46.6 Å². The highest BCUT2D eigenvalue weighted by atomic mass is 127. The Kier molecular flexibility index (Phi) is 8.81. The van der Waals surface area contributed by atoms with Crippen molar-refractivity contribution in [3.63, 3.8) is 0 Å². The number of furan rings is 1. The third kappa shape index (κ3) is 6.23. The molecule has 0 saturated carbocycles. The van der Waals surface area contributed by atoms with Gasteiger partial charge in [0.25, 0.3) is 0 Å². The molecule has 8 heteroatoms. The molecule has 1 atom stereocenters. The van der Waals surface area contributed by atoms with Crippen molar-refractivity contribution in [1.29, 1.82) is 0 Å². The fraction of sp³-hybridized carbons (Fsp3) is 0.400. The smallest absolute Gasteiger partial charge is 0.217 e. The molecule has 1 unspecified atom stereocenters. The summed E-state index contributed by atoms with van der Waals surface area (Å²) in [5.41, 5.74) is 6.39. The Labute approximate surface area is 191 Å². The van der Waals surface area contributed by atoms with Crippen LogP contribution in [0.3, 0.4) is 0 Å². The quantitative estimate of drug-likeness (QED) is 0.329. The zero-order valence-corrected chi connectivity index (χ0v) is 19.8. The number of guanidine groups is 1. The summed E-state index contributed by atoms with van der Waals surface area (Å²) in [6.45, 7) is 2.28. The van der Waals surface area contributed by atoms with E-state index in [1.54, 1.807) is 7.05 Å². The van der Waals surface area contributed by atoms with E-state index in [4.69, 9.17) is 10.2 Å². The Bertz CT molecular complexity index is 807. The van der Waals surface area contributed by atoms with Gasteiger partial charge in [-0.1, -0.05) is 28.1 Å². The summed E-state index contributed by atoms with van der Waals surface area (Å²) >= 11 is 3.44. The fourth-order valence-electron chi connectivity index (χ4n) is 3.45. The van der Waals surface area contributed by atoms with E-state index < -0.39 is 0 Å². The van der Waals surface area contributed by atoms with Crippen LogP contribution >= 0.6 is 39.9 Å². The number of benzene rings is 1. The maximum Gasteiger partial charge on any atom is 0.217 e. The standard InChI is InChI=1S/C20H25BrN4O2.HI/c1-23-20(25-10-2-3-14(13-25)11-19(22)26)24-12-17-8-9-18(27-17)15-4-6-16(21)7-5-15;/h4-9,14H,2-3,10-13H2,1H3,(H2,22,26)(H,23,24);1H. The van der Waals surface area contributed by atoms with Gasteiger partial charge in [0, 0.05) is 36.6 Å². The van der Waals surface area contributed by atoms with Crippen molar-refractivity contribution in [2.24, 2.45) is 16.6 Å². The van der Waals surface area contributed by atoms with Crippen LogP contribution in [0, 0.1) is 5.92 Å². The second-order valence-electron chi connectivity index (χ2n) is 6.80. The normalized spacial score (nSPS) is 17.1. The summed E-state index contributed by atoms with van der Waals surface area (Å²) in [4.78, 5) is 17.8. The molecular formula is C20H26BrIN4O2. The first-order valence-corrected chi connectivity index (χ1v) is 9.93. The van der Waals surface area contributed by atoms with Crippen LogP contribution < -0.4 is 11.1 Å². The lowest BCUT2D eigenvalue weighted by Gasteiger charge is -2.34. The molecule has 0 spiro atoms. The Hall–Kier alpha value is -1.55. The summed E-state index contributed by atoms with van der Waals surface area (Å²) in [5, 5.41) is 3.36. The number of nitrogens with one attached hydrogen (secondary N) is 1. The number of likely N-dealkylation sites (tertiary alicyclic amines) is 1. The minimum absolute atomic E-state index is 0. The van der Waals surface area contributed by atoms with Gasteiger partial charge in [-0.25, -0.2) is 0 Å². The van der Waals surface area contributed by atoms with E-state index in [1.165, 1.54) is 0 Å². The van der Waals surface area contributed by atoms with Crippen molar-refractivity contribution in [2.75, 3.05) is 20.1 Å². The second-order valence-corrected chi connectivity index (χ2v) is 7.71. The largest absolute Gasteiger partial charge is 0.459 e. The molecule has 2 heterocycles. The van der Waals surface area contributed by atoms with Gasteiger partial charge >= 0.3 is 0 Å². The van der Waals surface area contributed by atoms with E-state index in [0.29, 0.717) is 18.9 Å². The summed E-state index contributed by atoms with van der Waals surface area (Å²) in [5.74, 6) is 2.57. The number of primary amides is 1. The first kappa shape index (κ1) is 22.7. The van der Waals surface area contributed by atoms with E-state index >= 15 is 0 Å². The zero-order chi connectivity index (χ0) is 19.2. The predicted molar refractivity (Wildman–Crippen MR) is 126 cm³/mol. The molecule has 2 aromatic rings. The molecule has 0 bridgehead atoms. The number of rotatable bonds is 5. The molecule has 3 rings (SSSR count). The molecule has 1 aromatic carbocycles. The minimum Gasteiger partial charge on any atom is -0.459 e. The van der Waals surface area contributed by atoms with Gasteiger partial charge in [0.1, 0.15) is 11.5 Å². The summed E-state index contributed by atoms with van der Waals surface area (Å²) < 4.78 is 6.99. The average Bonchev–Trinajstić information content (AvgIpc) is 3.11. The van der Waals surface area contributed by atoms with Gasteiger partial charge in [0.2, 0.25) is 5.91 Å². The number of halogens is 2. The molecule has 3 N–H and O–H groups in total. The van der Waals surface area contributed by atoms with E-state index in [9.17, 15) is 4.79 Å². The highest BCUT2D eigenvalue weighted by Crippen LogP contribution is 2.24. The highest BCUT2D eigenvalue weighted by Gasteiger charge is 2.23. The van der Waals surface area contributed by atoms with Gasteiger partial charge in [0.15, 0.2) is 5.96 Å². The maximum absolute atomic E-state index is 11.2. The molecule has 1 amide bonds. The molecule has 1 aliphatic rings. The monoisotopic (exact) mass is 560 g/mol. The SMILES string of the molecule is CN=C(NCc1ccc(-c2ccc(Br)cc2)o1)N1CCCC(CC(N)=O)C1.I. The molecule has 152 valence electrons. The number of nitrogens with two attached hydrogens (primary N) is 1. The van der Waals surface area contributed by atoms with Gasteiger partial charge in [0.05, 0.1) is 6.54 Å². The number of hydrogen-bond acceptors (Lipinski definition) is 3. The van der Waals surface area contributed by atoms with Crippen molar-refractivity contribution in [2.45, 2.75) is 25.8 Å². The maximum atomic E-state index is 11.2. The lowest BCUT2D eigenvalue weighted by atomic mass is 9.95. The van der Waals surface area contributed by atoms with E-state index in [0.717, 1.165) is 53.4 Å². The molecule has 6 nitrogen and oxygen atoms in total. The van der Waals surface area contributed by atoms with Crippen LogP contribution in [-0.4, -0.2) is 36.9 Å². The Balaban J connectivity index is 0.00000280. The van der Waals surface area contributed by atoms with E-state index in [-0.39, 0.29) is 29.9 Å².